The Kier molecular flexibility index (Phi) is 4.67. The summed E-state index contributed by atoms with van der Waals surface area (Å²) >= 11 is 1.40. The van der Waals surface area contributed by atoms with Crippen LogP contribution in [0.5, 0.6) is 0 Å². The van der Waals surface area contributed by atoms with Crippen LogP contribution in [0, 0.1) is 6.92 Å². The zero-order chi connectivity index (χ0) is 18.3. The van der Waals surface area contributed by atoms with Gasteiger partial charge in [0.2, 0.25) is 10.0 Å². The summed E-state index contributed by atoms with van der Waals surface area (Å²) in [6.45, 7) is 1.84. The molecule has 1 saturated carbocycles. The molecule has 0 bridgehead atoms. The van der Waals surface area contributed by atoms with Crippen molar-refractivity contribution in [2.45, 2.75) is 49.2 Å². The molecule has 2 aromatic rings. The first-order valence-electron chi connectivity index (χ1n) is 7.76. The van der Waals surface area contributed by atoms with E-state index in [4.69, 9.17) is 0 Å². The van der Waals surface area contributed by atoms with Crippen LogP contribution in [-0.4, -0.2) is 13.4 Å². The second-order valence-electron chi connectivity index (χ2n) is 6.21. The molecule has 1 aromatic heterocycles. The highest BCUT2D eigenvalue weighted by molar-refractivity contribution is 7.89. The number of hydrogen-bond donors (Lipinski definition) is 1. The third kappa shape index (κ3) is 3.73. The SMILES string of the molecule is Cc1csc(C2(NS(=O)(=O)c3ccc(C(F)(F)F)cc3)CCCC2)n1. The lowest BCUT2D eigenvalue weighted by Gasteiger charge is -2.27. The van der Waals surface area contributed by atoms with E-state index in [0.717, 1.165) is 42.8 Å². The van der Waals surface area contributed by atoms with Crippen molar-refractivity contribution in [2.75, 3.05) is 0 Å². The van der Waals surface area contributed by atoms with Gasteiger partial charge in [-0.05, 0) is 44.0 Å². The Morgan fingerprint density at radius 3 is 2.24 bits per heavy atom. The van der Waals surface area contributed by atoms with E-state index in [1.165, 1.54) is 11.3 Å². The van der Waals surface area contributed by atoms with Crippen LogP contribution < -0.4 is 4.72 Å². The number of rotatable bonds is 4. The molecule has 9 heteroatoms. The number of halogens is 3. The predicted octanol–water partition coefficient (Wildman–Crippen LogP) is 4.22. The lowest BCUT2D eigenvalue weighted by atomic mass is 10.0. The summed E-state index contributed by atoms with van der Waals surface area (Å²) in [5.41, 5.74) is -0.835. The third-order valence-electron chi connectivity index (χ3n) is 4.31. The average molecular weight is 390 g/mol. The minimum atomic E-state index is -4.50. The predicted molar refractivity (Wildman–Crippen MR) is 88.8 cm³/mol. The van der Waals surface area contributed by atoms with E-state index in [9.17, 15) is 21.6 Å². The molecule has 1 aromatic carbocycles. The van der Waals surface area contributed by atoms with Gasteiger partial charge in [0, 0.05) is 11.1 Å². The summed E-state index contributed by atoms with van der Waals surface area (Å²) < 4.78 is 66.1. The molecule has 0 radical (unpaired) electrons. The summed E-state index contributed by atoms with van der Waals surface area (Å²) in [5.74, 6) is 0. The number of nitrogens with zero attached hydrogens (tertiary/aromatic N) is 1. The number of aryl methyl sites for hydroxylation is 1. The van der Waals surface area contributed by atoms with Gasteiger partial charge in [-0.1, -0.05) is 12.8 Å². The molecule has 0 saturated heterocycles. The molecule has 4 nitrogen and oxygen atoms in total. The monoisotopic (exact) mass is 390 g/mol. The Morgan fingerprint density at radius 1 is 1.16 bits per heavy atom. The highest BCUT2D eigenvalue weighted by atomic mass is 32.2. The summed E-state index contributed by atoms with van der Waals surface area (Å²) in [6, 6.07) is 3.54. The van der Waals surface area contributed by atoms with E-state index in [1.807, 2.05) is 12.3 Å². The number of nitrogens with one attached hydrogen (secondary N) is 1. The van der Waals surface area contributed by atoms with Crippen LogP contribution in [0.15, 0.2) is 34.5 Å². The molecule has 0 aliphatic heterocycles. The van der Waals surface area contributed by atoms with Crippen LogP contribution in [0.3, 0.4) is 0 Å². The van der Waals surface area contributed by atoms with Gasteiger partial charge >= 0.3 is 6.18 Å². The molecule has 25 heavy (non-hydrogen) atoms. The van der Waals surface area contributed by atoms with Crippen molar-refractivity contribution in [3.05, 3.63) is 45.9 Å². The number of aromatic nitrogens is 1. The molecule has 3 rings (SSSR count). The molecule has 1 aliphatic carbocycles. The fourth-order valence-electron chi connectivity index (χ4n) is 3.05. The van der Waals surface area contributed by atoms with E-state index in [0.29, 0.717) is 17.8 Å². The van der Waals surface area contributed by atoms with Crippen molar-refractivity contribution in [1.29, 1.82) is 0 Å². The van der Waals surface area contributed by atoms with Crippen LogP contribution in [0.4, 0.5) is 13.2 Å². The fraction of sp³-hybridized carbons (Fsp3) is 0.438. The summed E-state index contributed by atoms with van der Waals surface area (Å²) in [6.07, 6.45) is -1.51. The van der Waals surface area contributed by atoms with E-state index in [-0.39, 0.29) is 4.90 Å². The van der Waals surface area contributed by atoms with Crippen LogP contribution in [-0.2, 0) is 21.7 Å². The van der Waals surface area contributed by atoms with Crippen molar-refractivity contribution >= 4 is 21.4 Å². The van der Waals surface area contributed by atoms with Crippen LogP contribution >= 0.6 is 11.3 Å². The Labute approximate surface area is 148 Å². The van der Waals surface area contributed by atoms with Crippen molar-refractivity contribution < 1.29 is 21.6 Å². The summed E-state index contributed by atoms with van der Waals surface area (Å²) in [7, 11) is -3.95. The molecule has 0 spiro atoms. The van der Waals surface area contributed by atoms with Gasteiger partial charge in [-0.3, -0.25) is 0 Å². The molecule has 1 aliphatic rings. The van der Waals surface area contributed by atoms with E-state index >= 15 is 0 Å². The molecule has 1 fully saturated rings. The second-order valence-corrected chi connectivity index (χ2v) is 8.75. The number of hydrogen-bond acceptors (Lipinski definition) is 4. The van der Waals surface area contributed by atoms with Crippen LogP contribution in [0.25, 0.3) is 0 Å². The highest BCUT2D eigenvalue weighted by Gasteiger charge is 2.42. The van der Waals surface area contributed by atoms with Crippen molar-refractivity contribution in [1.82, 2.24) is 9.71 Å². The first-order chi connectivity index (χ1) is 11.6. The normalized spacial score (nSPS) is 17.8. The molecular formula is C16H17F3N2O2S2. The molecular weight excluding hydrogens is 373 g/mol. The van der Waals surface area contributed by atoms with Crippen molar-refractivity contribution in [2.24, 2.45) is 0 Å². The zero-order valence-corrected chi connectivity index (χ0v) is 15.1. The van der Waals surface area contributed by atoms with Gasteiger partial charge in [0.05, 0.1) is 16.0 Å². The summed E-state index contributed by atoms with van der Waals surface area (Å²) in [4.78, 5) is 4.25. The van der Waals surface area contributed by atoms with Gasteiger partial charge in [-0.25, -0.2) is 13.4 Å². The maximum absolute atomic E-state index is 12.7. The first-order valence-corrected chi connectivity index (χ1v) is 10.1. The highest BCUT2D eigenvalue weighted by Crippen LogP contribution is 2.41. The van der Waals surface area contributed by atoms with Crippen molar-refractivity contribution in [3.8, 4) is 0 Å². The summed E-state index contributed by atoms with van der Waals surface area (Å²) in [5, 5.41) is 2.57. The van der Waals surface area contributed by atoms with Gasteiger partial charge in [0.15, 0.2) is 0 Å². The number of benzene rings is 1. The smallest absolute Gasteiger partial charge is 0.245 e. The van der Waals surface area contributed by atoms with Gasteiger partial charge in [-0.15, -0.1) is 11.3 Å². The number of alkyl halides is 3. The van der Waals surface area contributed by atoms with Gasteiger partial charge in [0.25, 0.3) is 0 Å². The number of thiazole rings is 1. The molecule has 0 unspecified atom stereocenters. The second kappa shape index (κ2) is 6.37. The Hall–Kier alpha value is -1.45. The molecule has 0 amide bonds. The minimum absolute atomic E-state index is 0.181. The number of sulfonamides is 1. The third-order valence-corrected chi connectivity index (χ3v) is 7.02. The molecule has 0 atom stereocenters. The van der Waals surface area contributed by atoms with Crippen molar-refractivity contribution in [3.63, 3.8) is 0 Å². The average Bonchev–Trinajstić information content (AvgIpc) is 3.16. The Bertz CT molecular complexity index is 852. The minimum Gasteiger partial charge on any atom is -0.245 e. The van der Waals surface area contributed by atoms with E-state index in [2.05, 4.69) is 9.71 Å². The van der Waals surface area contributed by atoms with E-state index in [1.54, 1.807) is 0 Å². The Balaban J connectivity index is 1.91. The van der Waals surface area contributed by atoms with Crippen LogP contribution in [0.1, 0.15) is 41.9 Å². The van der Waals surface area contributed by atoms with Gasteiger partial charge < -0.3 is 0 Å². The van der Waals surface area contributed by atoms with Crippen LogP contribution in [0.2, 0.25) is 0 Å². The Morgan fingerprint density at radius 2 is 1.76 bits per heavy atom. The van der Waals surface area contributed by atoms with E-state index < -0.39 is 27.3 Å². The zero-order valence-electron chi connectivity index (χ0n) is 13.4. The maximum atomic E-state index is 12.7. The molecule has 136 valence electrons. The maximum Gasteiger partial charge on any atom is 0.416 e. The lowest BCUT2D eigenvalue weighted by Crippen LogP contribution is -2.43. The fourth-order valence-corrected chi connectivity index (χ4v) is 5.56. The molecule has 1 heterocycles. The lowest BCUT2D eigenvalue weighted by molar-refractivity contribution is -0.137. The quantitative estimate of drug-likeness (QED) is 0.850. The topological polar surface area (TPSA) is 59.1 Å². The standard InChI is InChI=1S/C16H17F3N2O2S2/c1-11-10-24-14(20-11)15(8-2-3-9-15)21-25(22,23)13-6-4-12(5-7-13)16(17,18)19/h4-7,10,21H,2-3,8-9H2,1H3. The first kappa shape index (κ1) is 18.3. The van der Waals surface area contributed by atoms with Gasteiger partial charge in [0.1, 0.15) is 5.01 Å². The largest absolute Gasteiger partial charge is 0.416 e. The van der Waals surface area contributed by atoms with Gasteiger partial charge in [-0.2, -0.15) is 17.9 Å². The molecule has 1 N–H and O–H groups in total.